The maximum absolute atomic E-state index is 12.3. The molecule has 3 aromatic rings. The van der Waals surface area contributed by atoms with Crippen molar-refractivity contribution in [1.82, 2.24) is 4.98 Å². The van der Waals surface area contributed by atoms with Gasteiger partial charge < -0.3 is 0 Å². The Morgan fingerprint density at radius 2 is 2.13 bits per heavy atom. The molecule has 4 rings (SSSR count). The van der Waals surface area contributed by atoms with Gasteiger partial charge in [-0.05, 0) is 35.9 Å². The number of nitrogens with zero attached hydrogens (tertiary/aromatic N) is 3. The zero-order chi connectivity index (χ0) is 15.8. The molecule has 0 saturated carbocycles. The average molecular weight is 318 g/mol. The van der Waals surface area contributed by atoms with Crippen LogP contribution in [0.25, 0.3) is 10.2 Å². The average Bonchev–Trinajstić information content (AvgIpc) is 3.13. The fraction of sp³-hybridized carbons (Fsp3) is 0.0588. The van der Waals surface area contributed by atoms with Crippen molar-refractivity contribution in [2.24, 2.45) is 5.10 Å². The topological polar surface area (TPSA) is 78.1 Å². The van der Waals surface area contributed by atoms with Gasteiger partial charge >= 0.3 is 0 Å². The van der Waals surface area contributed by atoms with Gasteiger partial charge in [0.1, 0.15) is 5.71 Å². The van der Waals surface area contributed by atoms with Crippen LogP contribution in [-0.2, 0) is 6.42 Å². The lowest BCUT2D eigenvalue weighted by Gasteiger charge is -1.95. The molecule has 0 fully saturated rings. The van der Waals surface area contributed by atoms with E-state index in [1.54, 1.807) is 18.2 Å². The summed E-state index contributed by atoms with van der Waals surface area (Å²) in [5, 5.41) is 13.8. The second-order valence-electron chi connectivity index (χ2n) is 5.15. The second-order valence-corrected chi connectivity index (χ2v) is 6.18. The number of hydrazone groups is 1. The third-order valence-corrected chi connectivity index (χ3v) is 4.62. The van der Waals surface area contributed by atoms with Crippen LogP contribution >= 0.6 is 11.3 Å². The third kappa shape index (κ3) is 2.37. The minimum Gasteiger partial charge on any atom is -0.287 e. The third-order valence-electron chi connectivity index (χ3n) is 3.68. The first kappa shape index (κ1) is 13.6. The fourth-order valence-electron chi connectivity index (χ4n) is 2.57. The Morgan fingerprint density at radius 1 is 1.26 bits per heavy atom. The Balaban J connectivity index is 1.60. The van der Waals surface area contributed by atoms with Crippen LogP contribution in [0.4, 0.5) is 5.13 Å². The molecule has 2 aromatic carbocycles. The molecule has 0 radical (unpaired) electrons. The van der Waals surface area contributed by atoms with Crippen LogP contribution in [0.2, 0.25) is 0 Å². The van der Waals surface area contributed by atoms with Gasteiger partial charge in [-0.25, -0.2) is 4.98 Å². The lowest BCUT2D eigenvalue weighted by atomic mass is 10.1. The number of carbonyl (C=O) groups is 1. The second kappa shape index (κ2) is 5.30. The van der Waals surface area contributed by atoms with Crippen molar-refractivity contribution in [3.63, 3.8) is 0 Å². The molecule has 0 atom stereocenters. The Kier molecular flexibility index (Phi) is 3.14. The van der Waals surface area contributed by atoms with Crippen LogP contribution < -0.4 is 5.43 Å². The van der Waals surface area contributed by atoms with E-state index in [-0.39, 0.29) is 5.78 Å². The van der Waals surface area contributed by atoms with E-state index in [0.717, 1.165) is 15.8 Å². The number of para-hydroxylation sites is 1. The summed E-state index contributed by atoms with van der Waals surface area (Å²) in [4.78, 5) is 16.7. The molecule has 6 heteroatoms. The smallest absolute Gasteiger partial charge is 0.209 e. The summed E-state index contributed by atoms with van der Waals surface area (Å²) in [6.45, 7) is 0. The summed E-state index contributed by atoms with van der Waals surface area (Å²) >= 11 is 1.49. The van der Waals surface area contributed by atoms with E-state index in [9.17, 15) is 4.79 Å². The predicted octanol–water partition coefficient (Wildman–Crippen LogP) is 3.37. The van der Waals surface area contributed by atoms with Crippen LogP contribution in [0.15, 0.2) is 47.6 Å². The van der Waals surface area contributed by atoms with E-state index in [1.165, 1.54) is 11.3 Å². The molecule has 110 valence electrons. The Bertz CT molecular complexity index is 980. The van der Waals surface area contributed by atoms with E-state index in [2.05, 4.69) is 21.6 Å². The molecule has 0 saturated heterocycles. The minimum absolute atomic E-state index is 0.0990. The first-order valence-corrected chi connectivity index (χ1v) is 7.82. The SMILES string of the molecule is N#Cc1ccc2c(c1)C/C(=N/Nc1nc3ccccc3s1)C2=O. The number of nitrogens with one attached hydrogen (secondary N) is 1. The Labute approximate surface area is 135 Å². The molecular formula is C17H10N4OS. The first-order chi connectivity index (χ1) is 11.2. The Morgan fingerprint density at radius 3 is 2.96 bits per heavy atom. The van der Waals surface area contributed by atoms with Gasteiger partial charge in [-0.15, -0.1) is 0 Å². The van der Waals surface area contributed by atoms with Crippen LogP contribution in [0, 0.1) is 11.3 Å². The highest BCUT2D eigenvalue weighted by Crippen LogP contribution is 2.26. The number of thiazole rings is 1. The van der Waals surface area contributed by atoms with Gasteiger partial charge in [0.2, 0.25) is 10.9 Å². The molecule has 1 aliphatic rings. The molecule has 0 spiro atoms. The number of rotatable bonds is 2. The van der Waals surface area contributed by atoms with Gasteiger partial charge in [0.05, 0.1) is 21.8 Å². The van der Waals surface area contributed by atoms with Gasteiger partial charge in [0.25, 0.3) is 0 Å². The number of Topliss-reactive ketones (excluding diaryl/α,β-unsaturated/α-hetero) is 1. The van der Waals surface area contributed by atoms with Gasteiger partial charge in [-0.2, -0.15) is 10.4 Å². The Hall–Kier alpha value is -3.04. The summed E-state index contributed by atoms with van der Waals surface area (Å²) in [7, 11) is 0. The highest BCUT2D eigenvalue weighted by molar-refractivity contribution is 7.22. The number of nitriles is 1. The number of ketones is 1. The fourth-order valence-corrected chi connectivity index (χ4v) is 3.38. The standard InChI is InChI=1S/C17H10N4OS/c18-9-10-5-6-12-11(7-10)8-14(16(12)22)20-21-17-19-13-3-1-2-4-15(13)23-17/h1-7H,8H2,(H,19,21)/b20-14-. The van der Waals surface area contributed by atoms with E-state index < -0.39 is 0 Å². The molecule has 0 unspecified atom stereocenters. The zero-order valence-corrected chi connectivity index (χ0v) is 12.7. The lowest BCUT2D eigenvalue weighted by Crippen LogP contribution is -2.10. The quantitative estimate of drug-likeness (QED) is 0.735. The molecule has 23 heavy (non-hydrogen) atoms. The molecule has 0 amide bonds. The molecule has 5 nitrogen and oxygen atoms in total. The highest BCUT2D eigenvalue weighted by Gasteiger charge is 2.26. The summed E-state index contributed by atoms with van der Waals surface area (Å²) < 4.78 is 1.06. The largest absolute Gasteiger partial charge is 0.287 e. The van der Waals surface area contributed by atoms with Crippen molar-refractivity contribution < 1.29 is 4.79 Å². The first-order valence-electron chi connectivity index (χ1n) is 7.00. The molecule has 1 N–H and O–H groups in total. The molecule has 0 bridgehead atoms. The number of aromatic nitrogens is 1. The van der Waals surface area contributed by atoms with Crippen LogP contribution in [-0.4, -0.2) is 16.5 Å². The van der Waals surface area contributed by atoms with E-state index in [1.807, 2.05) is 24.3 Å². The molecule has 0 aliphatic heterocycles. The van der Waals surface area contributed by atoms with E-state index in [4.69, 9.17) is 5.26 Å². The monoisotopic (exact) mass is 318 g/mol. The summed E-state index contributed by atoms with van der Waals surface area (Å²) in [6, 6.07) is 15.0. The number of anilines is 1. The van der Waals surface area contributed by atoms with E-state index >= 15 is 0 Å². The minimum atomic E-state index is -0.0990. The van der Waals surface area contributed by atoms with Crippen molar-refractivity contribution in [1.29, 1.82) is 5.26 Å². The number of hydrogen-bond acceptors (Lipinski definition) is 6. The van der Waals surface area contributed by atoms with Gasteiger partial charge in [0, 0.05) is 12.0 Å². The highest BCUT2D eigenvalue weighted by atomic mass is 32.1. The van der Waals surface area contributed by atoms with Gasteiger partial charge in [-0.1, -0.05) is 23.5 Å². The van der Waals surface area contributed by atoms with Gasteiger partial charge in [-0.3, -0.25) is 10.2 Å². The van der Waals surface area contributed by atoms with Crippen molar-refractivity contribution in [3.05, 3.63) is 59.2 Å². The maximum atomic E-state index is 12.3. The molecule has 1 heterocycles. The van der Waals surface area contributed by atoms with Crippen molar-refractivity contribution in [2.75, 3.05) is 5.43 Å². The summed E-state index contributed by atoms with van der Waals surface area (Å²) in [6.07, 6.45) is 0.432. The van der Waals surface area contributed by atoms with Crippen LogP contribution in [0.5, 0.6) is 0 Å². The molecule has 1 aliphatic carbocycles. The maximum Gasteiger partial charge on any atom is 0.209 e. The number of hydrogen-bond donors (Lipinski definition) is 1. The summed E-state index contributed by atoms with van der Waals surface area (Å²) in [5.41, 5.74) is 6.24. The van der Waals surface area contributed by atoms with Crippen molar-refractivity contribution in [3.8, 4) is 6.07 Å². The number of benzene rings is 2. The predicted molar refractivity (Wildman–Crippen MR) is 89.9 cm³/mol. The molecular weight excluding hydrogens is 308 g/mol. The van der Waals surface area contributed by atoms with Crippen LogP contribution in [0.1, 0.15) is 21.5 Å². The molecule has 1 aromatic heterocycles. The summed E-state index contributed by atoms with van der Waals surface area (Å²) in [5.74, 6) is -0.0990. The van der Waals surface area contributed by atoms with E-state index in [0.29, 0.717) is 28.4 Å². The van der Waals surface area contributed by atoms with Crippen LogP contribution in [0.3, 0.4) is 0 Å². The van der Waals surface area contributed by atoms with Gasteiger partial charge in [0.15, 0.2) is 0 Å². The van der Waals surface area contributed by atoms with Crippen molar-refractivity contribution >= 4 is 38.2 Å². The van der Waals surface area contributed by atoms with Crippen molar-refractivity contribution in [2.45, 2.75) is 6.42 Å². The normalized spacial score (nSPS) is 14.9. The number of fused-ring (bicyclic) bond motifs is 2. The zero-order valence-electron chi connectivity index (χ0n) is 11.9. The lowest BCUT2D eigenvalue weighted by molar-refractivity contribution is 0.106. The number of carbonyl (C=O) groups excluding carboxylic acids is 1.